The lowest BCUT2D eigenvalue weighted by Crippen LogP contribution is -2.43. The van der Waals surface area contributed by atoms with Crippen molar-refractivity contribution in [2.24, 2.45) is 5.92 Å². The minimum Gasteiger partial charge on any atom is -0.493 e. The number of methoxy groups -OCH3 is 2. The normalized spacial score (nSPS) is 20.5. The lowest BCUT2D eigenvalue weighted by Gasteiger charge is -2.33. The van der Waals surface area contributed by atoms with Crippen molar-refractivity contribution in [2.45, 2.75) is 31.6 Å². The van der Waals surface area contributed by atoms with Gasteiger partial charge in [-0.05, 0) is 49.1 Å². The number of ether oxygens (including phenoxy) is 2. The number of hydrogen-bond acceptors (Lipinski definition) is 6. The molecule has 8 heteroatoms. The minimum atomic E-state index is -0.262. The number of amides is 2. The molecule has 2 fully saturated rings. The Balaban J connectivity index is 1.19. The summed E-state index contributed by atoms with van der Waals surface area (Å²) in [5, 5.41) is 1.11. The molecular formula is C27H31N3O4S. The molecule has 0 N–H and O–H groups in total. The fraction of sp³-hybridized carbons (Fsp3) is 0.444. The third kappa shape index (κ3) is 4.98. The summed E-state index contributed by atoms with van der Waals surface area (Å²) in [5.41, 5.74) is 2.10. The largest absolute Gasteiger partial charge is 0.493 e. The van der Waals surface area contributed by atoms with E-state index >= 15 is 0 Å². The molecule has 2 aromatic carbocycles. The van der Waals surface area contributed by atoms with Crippen molar-refractivity contribution >= 4 is 33.4 Å². The molecule has 2 atom stereocenters. The second kappa shape index (κ2) is 10.2. The van der Waals surface area contributed by atoms with Gasteiger partial charge < -0.3 is 19.3 Å². The SMILES string of the molecule is COc1ccc(CCN2C[C@@H](C(=O)N3CCC[C@H](c4nc5ccccc5s4)C3)CC2=O)cc1OC. The van der Waals surface area contributed by atoms with Crippen LogP contribution < -0.4 is 9.47 Å². The van der Waals surface area contributed by atoms with Crippen molar-refractivity contribution in [3.63, 3.8) is 0 Å². The van der Waals surface area contributed by atoms with Crippen molar-refractivity contribution in [2.75, 3.05) is 40.4 Å². The number of likely N-dealkylation sites (tertiary alicyclic amines) is 2. The molecule has 1 aromatic heterocycles. The molecule has 3 heterocycles. The molecule has 2 aliphatic rings. The van der Waals surface area contributed by atoms with E-state index in [0.717, 1.165) is 35.5 Å². The maximum Gasteiger partial charge on any atom is 0.228 e. The third-order valence-corrected chi connectivity index (χ3v) is 8.27. The number of nitrogens with zero attached hydrogens (tertiary/aromatic N) is 3. The van der Waals surface area contributed by atoms with Gasteiger partial charge in [0.25, 0.3) is 0 Å². The van der Waals surface area contributed by atoms with Gasteiger partial charge in [-0.15, -0.1) is 11.3 Å². The first-order chi connectivity index (χ1) is 17.1. The third-order valence-electron chi connectivity index (χ3n) is 7.07. The van der Waals surface area contributed by atoms with Gasteiger partial charge in [0.15, 0.2) is 11.5 Å². The summed E-state index contributed by atoms with van der Waals surface area (Å²) in [4.78, 5) is 34.7. The van der Waals surface area contributed by atoms with E-state index in [-0.39, 0.29) is 23.7 Å². The summed E-state index contributed by atoms with van der Waals surface area (Å²) in [6.45, 7) is 2.53. The highest BCUT2D eigenvalue weighted by molar-refractivity contribution is 7.18. The first-order valence-corrected chi connectivity index (χ1v) is 13.0. The van der Waals surface area contributed by atoms with Crippen molar-refractivity contribution < 1.29 is 19.1 Å². The number of benzene rings is 2. The molecular weight excluding hydrogens is 462 g/mol. The average Bonchev–Trinajstić information content (AvgIpc) is 3.50. The summed E-state index contributed by atoms with van der Waals surface area (Å²) in [6.07, 6.45) is 3.02. The Kier molecular flexibility index (Phi) is 6.90. The van der Waals surface area contributed by atoms with Gasteiger partial charge in [-0.2, -0.15) is 0 Å². The molecule has 2 saturated heterocycles. The first kappa shape index (κ1) is 23.6. The lowest BCUT2D eigenvalue weighted by atomic mass is 9.96. The van der Waals surface area contributed by atoms with Crippen LogP contribution in [0.1, 0.15) is 35.8 Å². The van der Waals surface area contributed by atoms with E-state index in [2.05, 4.69) is 6.07 Å². The predicted octanol–water partition coefficient (Wildman–Crippen LogP) is 4.11. The molecule has 0 bridgehead atoms. The van der Waals surface area contributed by atoms with Crippen LogP contribution in [-0.2, 0) is 16.0 Å². The average molecular weight is 494 g/mol. The zero-order valence-electron chi connectivity index (χ0n) is 20.2. The van der Waals surface area contributed by atoms with Crippen LogP contribution in [0.4, 0.5) is 0 Å². The first-order valence-electron chi connectivity index (χ1n) is 12.2. The van der Waals surface area contributed by atoms with Crippen LogP contribution in [0.5, 0.6) is 11.5 Å². The van der Waals surface area contributed by atoms with Gasteiger partial charge in [-0.3, -0.25) is 9.59 Å². The molecule has 5 rings (SSSR count). The zero-order chi connectivity index (χ0) is 24.4. The topological polar surface area (TPSA) is 72.0 Å². The van der Waals surface area contributed by atoms with Crippen LogP contribution in [0.3, 0.4) is 0 Å². The maximum absolute atomic E-state index is 13.4. The number of carbonyl (C=O) groups is 2. The molecule has 35 heavy (non-hydrogen) atoms. The molecule has 7 nitrogen and oxygen atoms in total. The van der Waals surface area contributed by atoms with E-state index in [9.17, 15) is 9.59 Å². The number of fused-ring (bicyclic) bond motifs is 1. The van der Waals surface area contributed by atoms with Gasteiger partial charge in [0, 0.05) is 38.5 Å². The fourth-order valence-electron chi connectivity index (χ4n) is 5.16. The summed E-state index contributed by atoms with van der Waals surface area (Å²) in [5.74, 6) is 1.54. The standard InChI is InChI=1S/C27H31N3O4S/c1-33-22-10-9-18(14-23(22)34-2)11-13-29-17-20(15-25(29)31)27(32)30-12-5-6-19(16-30)26-28-21-7-3-4-8-24(21)35-26/h3-4,7-10,14,19-20H,5-6,11-13,15-17H2,1-2H3/t19-,20-/m0/s1. The van der Waals surface area contributed by atoms with Crippen LogP contribution in [-0.4, -0.2) is 67.0 Å². The van der Waals surface area contributed by atoms with Crippen molar-refractivity contribution in [1.82, 2.24) is 14.8 Å². The molecule has 2 amide bonds. The Morgan fingerprint density at radius 3 is 2.74 bits per heavy atom. The second-order valence-corrected chi connectivity index (χ2v) is 10.4. The molecule has 2 aliphatic heterocycles. The van der Waals surface area contributed by atoms with Crippen LogP contribution in [0.25, 0.3) is 10.2 Å². The number of carbonyl (C=O) groups excluding carboxylic acids is 2. The Bertz CT molecular complexity index is 1190. The van der Waals surface area contributed by atoms with Gasteiger partial charge in [-0.25, -0.2) is 4.98 Å². The van der Waals surface area contributed by atoms with E-state index < -0.39 is 0 Å². The Morgan fingerprint density at radius 1 is 1.11 bits per heavy atom. The molecule has 0 saturated carbocycles. The van der Waals surface area contributed by atoms with Gasteiger partial charge in [0.2, 0.25) is 11.8 Å². The minimum absolute atomic E-state index is 0.0589. The number of hydrogen-bond donors (Lipinski definition) is 0. The van der Waals surface area contributed by atoms with E-state index in [0.29, 0.717) is 44.0 Å². The Hall–Kier alpha value is -3.13. The fourth-order valence-corrected chi connectivity index (χ4v) is 6.25. The van der Waals surface area contributed by atoms with Gasteiger partial charge in [-0.1, -0.05) is 18.2 Å². The molecule has 0 unspecified atom stereocenters. The van der Waals surface area contributed by atoms with Crippen molar-refractivity contribution in [3.8, 4) is 11.5 Å². The molecule has 184 valence electrons. The molecule has 3 aromatic rings. The summed E-state index contributed by atoms with van der Waals surface area (Å²) < 4.78 is 11.9. The van der Waals surface area contributed by atoms with E-state index in [4.69, 9.17) is 14.5 Å². The summed E-state index contributed by atoms with van der Waals surface area (Å²) in [6, 6.07) is 14.0. The number of piperidine rings is 1. The lowest BCUT2D eigenvalue weighted by molar-refractivity contribution is -0.137. The molecule has 0 radical (unpaired) electrons. The van der Waals surface area contributed by atoms with Crippen LogP contribution in [0, 0.1) is 5.92 Å². The predicted molar refractivity (Wildman–Crippen MR) is 136 cm³/mol. The van der Waals surface area contributed by atoms with Crippen LogP contribution in [0.2, 0.25) is 0 Å². The highest BCUT2D eigenvalue weighted by atomic mass is 32.1. The highest BCUT2D eigenvalue weighted by Gasteiger charge is 2.38. The van der Waals surface area contributed by atoms with Crippen LogP contribution >= 0.6 is 11.3 Å². The van der Waals surface area contributed by atoms with Crippen molar-refractivity contribution in [3.05, 3.63) is 53.0 Å². The Morgan fingerprint density at radius 2 is 1.94 bits per heavy atom. The number of aromatic nitrogens is 1. The second-order valence-electron chi connectivity index (χ2n) is 9.32. The van der Waals surface area contributed by atoms with Gasteiger partial charge in [0.05, 0.1) is 35.4 Å². The van der Waals surface area contributed by atoms with E-state index in [1.54, 1.807) is 25.6 Å². The number of rotatable bonds is 7. The maximum atomic E-state index is 13.4. The zero-order valence-corrected chi connectivity index (χ0v) is 21.1. The summed E-state index contributed by atoms with van der Waals surface area (Å²) in [7, 11) is 3.23. The molecule has 0 aliphatic carbocycles. The number of para-hydroxylation sites is 1. The molecule has 0 spiro atoms. The van der Waals surface area contributed by atoms with Crippen LogP contribution in [0.15, 0.2) is 42.5 Å². The monoisotopic (exact) mass is 493 g/mol. The summed E-state index contributed by atoms with van der Waals surface area (Å²) >= 11 is 1.73. The quantitative estimate of drug-likeness (QED) is 0.495. The van der Waals surface area contributed by atoms with E-state index in [1.165, 1.54) is 4.70 Å². The Labute approximate surface area is 209 Å². The van der Waals surface area contributed by atoms with Gasteiger partial charge in [0.1, 0.15) is 0 Å². The smallest absolute Gasteiger partial charge is 0.228 e. The van der Waals surface area contributed by atoms with E-state index in [1.807, 2.05) is 46.2 Å². The highest BCUT2D eigenvalue weighted by Crippen LogP contribution is 2.34. The van der Waals surface area contributed by atoms with Crippen molar-refractivity contribution in [1.29, 1.82) is 0 Å². The number of thiazole rings is 1. The van der Waals surface area contributed by atoms with Gasteiger partial charge >= 0.3 is 0 Å².